The number of alkyl halides is 4. The summed E-state index contributed by atoms with van der Waals surface area (Å²) < 4.78 is 54.7. The molecule has 3 rings (SSSR count). The number of nitrogens with zero attached hydrogens (tertiary/aromatic N) is 1. The number of halogens is 4. The molecule has 0 aromatic heterocycles. The van der Waals surface area contributed by atoms with Crippen molar-refractivity contribution in [3.63, 3.8) is 0 Å². The molecule has 0 radical (unpaired) electrons. The van der Waals surface area contributed by atoms with Gasteiger partial charge in [0.25, 0.3) is 0 Å². The van der Waals surface area contributed by atoms with Crippen LogP contribution >= 0.6 is 11.6 Å². The van der Waals surface area contributed by atoms with E-state index < -0.39 is 23.4 Å². The maximum atomic E-state index is 12.9. The first-order chi connectivity index (χ1) is 12.7. The molecular formula is C18H21ClF3NO4. The van der Waals surface area contributed by atoms with E-state index in [2.05, 4.69) is 0 Å². The van der Waals surface area contributed by atoms with Crippen LogP contribution in [0.15, 0.2) is 18.2 Å². The van der Waals surface area contributed by atoms with Gasteiger partial charge < -0.3 is 19.1 Å². The van der Waals surface area contributed by atoms with Crippen LogP contribution in [0.25, 0.3) is 0 Å². The lowest BCUT2D eigenvalue weighted by Gasteiger charge is -2.38. The predicted molar refractivity (Wildman–Crippen MR) is 92.1 cm³/mol. The van der Waals surface area contributed by atoms with Gasteiger partial charge in [-0.3, -0.25) is 0 Å². The van der Waals surface area contributed by atoms with Gasteiger partial charge in [-0.05, 0) is 38.0 Å². The van der Waals surface area contributed by atoms with Gasteiger partial charge in [0.2, 0.25) is 0 Å². The van der Waals surface area contributed by atoms with E-state index in [0.29, 0.717) is 12.8 Å². The topological polar surface area (TPSA) is 48.0 Å². The van der Waals surface area contributed by atoms with Gasteiger partial charge in [0.05, 0.1) is 12.7 Å². The van der Waals surface area contributed by atoms with E-state index in [1.54, 1.807) is 11.8 Å². The molecule has 1 aromatic carbocycles. The lowest BCUT2D eigenvalue weighted by atomic mass is 10.00. The summed E-state index contributed by atoms with van der Waals surface area (Å²) >= 11 is 5.73. The molecule has 2 unspecified atom stereocenters. The van der Waals surface area contributed by atoms with Crippen LogP contribution in [0.2, 0.25) is 0 Å². The van der Waals surface area contributed by atoms with Crippen molar-refractivity contribution in [3.8, 4) is 11.5 Å². The number of fused-ring (bicyclic) bond motifs is 2. The first kappa shape index (κ1) is 19.9. The maximum Gasteiger partial charge on any atom is 0.416 e. The number of amides is 1. The van der Waals surface area contributed by atoms with Crippen LogP contribution in [0.4, 0.5) is 18.0 Å². The molecule has 0 aliphatic carbocycles. The van der Waals surface area contributed by atoms with E-state index in [1.165, 1.54) is 13.2 Å². The lowest BCUT2D eigenvalue weighted by Crippen LogP contribution is -2.49. The summed E-state index contributed by atoms with van der Waals surface area (Å²) in [5.74, 6) is 0.301. The second kappa shape index (κ2) is 7.66. The van der Waals surface area contributed by atoms with Crippen molar-refractivity contribution in [1.29, 1.82) is 0 Å². The van der Waals surface area contributed by atoms with Crippen LogP contribution < -0.4 is 9.47 Å². The molecule has 27 heavy (non-hydrogen) atoms. The zero-order valence-corrected chi connectivity index (χ0v) is 15.7. The molecule has 2 fully saturated rings. The van der Waals surface area contributed by atoms with Crippen LogP contribution in [-0.4, -0.2) is 41.9 Å². The van der Waals surface area contributed by atoms with E-state index in [0.717, 1.165) is 25.0 Å². The van der Waals surface area contributed by atoms with E-state index in [1.807, 2.05) is 0 Å². The van der Waals surface area contributed by atoms with Crippen molar-refractivity contribution in [2.75, 3.05) is 7.11 Å². The Morgan fingerprint density at radius 1 is 1.22 bits per heavy atom. The highest BCUT2D eigenvalue weighted by Gasteiger charge is 2.45. The number of rotatable bonds is 4. The Morgan fingerprint density at radius 2 is 1.85 bits per heavy atom. The summed E-state index contributed by atoms with van der Waals surface area (Å²) in [6, 6.07) is 3.12. The van der Waals surface area contributed by atoms with Crippen molar-refractivity contribution in [3.05, 3.63) is 23.8 Å². The number of benzene rings is 1. The van der Waals surface area contributed by atoms with Crippen LogP contribution in [0.3, 0.4) is 0 Å². The molecule has 2 heterocycles. The second-order valence-electron chi connectivity index (χ2n) is 6.79. The Kier molecular flexibility index (Phi) is 5.65. The van der Waals surface area contributed by atoms with E-state index in [9.17, 15) is 18.0 Å². The average molecular weight is 408 g/mol. The minimum Gasteiger partial charge on any atom is -0.493 e. The molecule has 9 heteroatoms. The molecule has 0 N–H and O–H groups in total. The Bertz CT molecular complexity index is 684. The summed E-state index contributed by atoms with van der Waals surface area (Å²) in [6.45, 7) is 1.58. The number of carbonyl (C=O) groups excluding carboxylic acids is 1. The number of piperidine rings is 1. The molecule has 0 saturated carbocycles. The zero-order chi connectivity index (χ0) is 19.8. The molecular weight excluding hydrogens is 387 g/mol. The van der Waals surface area contributed by atoms with Gasteiger partial charge in [0.15, 0.2) is 17.1 Å². The van der Waals surface area contributed by atoms with Crippen molar-refractivity contribution < 1.29 is 32.2 Å². The quantitative estimate of drug-likeness (QED) is 0.672. The fraction of sp³-hybridized carbons (Fsp3) is 0.611. The van der Waals surface area contributed by atoms with Crippen LogP contribution in [0, 0.1) is 0 Å². The summed E-state index contributed by atoms with van der Waals surface area (Å²) in [5, 5.41) is 0. The molecule has 2 saturated heterocycles. The number of hydrogen-bond donors (Lipinski definition) is 0. The number of ether oxygens (including phenoxy) is 3. The summed E-state index contributed by atoms with van der Waals surface area (Å²) in [7, 11) is 1.30. The molecule has 5 nitrogen and oxygen atoms in total. The van der Waals surface area contributed by atoms with Gasteiger partial charge >= 0.3 is 12.3 Å². The van der Waals surface area contributed by atoms with E-state index >= 15 is 0 Å². The maximum absolute atomic E-state index is 12.9. The Morgan fingerprint density at radius 3 is 2.37 bits per heavy atom. The van der Waals surface area contributed by atoms with Gasteiger partial charge in [-0.1, -0.05) is 11.6 Å². The third-order valence-electron chi connectivity index (χ3n) is 4.95. The average Bonchev–Trinajstić information content (AvgIpc) is 2.85. The minimum atomic E-state index is -4.45. The smallest absolute Gasteiger partial charge is 0.416 e. The van der Waals surface area contributed by atoms with Crippen molar-refractivity contribution in [1.82, 2.24) is 4.90 Å². The molecule has 2 aliphatic rings. The van der Waals surface area contributed by atoms with E-state index in [-0.39, 0.29) is 29.7 Å². The molecule has 0 spiro atoms. The van der Waals surface area contributed by atoms with Gasteiger partial charge in [0.1, 0.15) is 6.10 Å². The Hall–Kier alpha value is -1.83. The number of hydrogen-bond acceptors (Lipinski definition) is 4. The highest BCUT2D eigenvalue weighted by atomic mass is 35.5. The van der Waals surface area contributed by atoms with Gasteiger partial charge in [-0.15, -0.1) is 0 Å². The number of carbonyl (C=O) groups is 1. The van der Waals surface area contributed by atoms with E-state index in [4.69, 9.17) is 25.8 Å². The fourth-order valence-corrected chi connectivity index (χ4v) is 3.92. The zero-order valence-electron chi connectivity index (χ0n) is 15.0. The second-order valence-corrected chi connectivity index (χ2v) is 7.41. The predicted octanol–water partition coefficient (Wildman–Crippen LogP) is 4.81. The summed E-state index contributed by atoms with van der Waals surface area (Å²) in [6.07, 6.45) is -2.28. The molecule has 4 atom stereocenters. The monoisotopic (exact) mass is 407 g/mol. The summed E-state index contributed by atoms with van der Waals surface area (Å²) in [4.78, 5) is 13.9. The molecule has 2 aliphatic heterocycles. The van der Waals surface area contributed by atoms with Crippen molar-refractivity contribution >= 4 is 17.7 Å². The standard InChI is InChI=1S/C18H21ClF3NO4/c1-10(19)26-17(24)23-12-4-5-13(23)9-14(8-12)27-15-6-3-11(18(20,21)22)7-16(15)25-2/h3,6-7,10,12-14H,4-5,8-9H2,1-2H3/t10?,12-,13+,14?. The fourth-order valence-electron chi connectivity index (χ4n) is 3.84. The first-order valence-electron chi connectivity index (χ1n) is 8.74. The molecule has 150 valence electrons. The molecule has 1 aromatic rings. The molecule has 2 bridgehead atoms. The van der Waals surface area contributed by atoms with Crippen LogP contribution in [-0.2, 0) is 10.9 Å². The minimum absolute atomic E-state index is 0.0305. The highest BCUT2D eigenvalue weighted by molar-refractivity contribution is 6.19. The lowest BCUT2D eigenvalue weighted by molar-refractivity contribution is -0.137. The highest BCUT2D eigenvalue weighted by Crippen LogP contribution is 2.41. The summed E-state index contributed by atoms with van der Waals surface area (Å²) in [5.41, 5.74) is -1.50. The largest absolute Gasteiger partial charge is 0.493 e. The molecule has 1 amide bonds. The van der Waals surface area contributed by atoms with Crippen LogP contribution in [0.1, 0.15) is 38.2 Å². The number of methoxy groups -OCH3 is 1. The third-order valence-corrected chi connectivity index (χ3v) is 5.04. The Balaban J connectivity index is 1.69. The normalized spacial score (nSPS) is 25.9. The van der Waals surface area contributed by atoms with Gasteiger partial charge in [-0.25, -0.2) is 4.79 Å². The first-order valence-corrected chi connectivity index (χ1v) is 9.17. The van der Waals surface area contributed by atoms with Crippen molar-refractivity contribution in [2.45, 2.75) is 62.5 Å². The Labute approximate surface area is 160 Å². The van der Waals surface area contributed by atoms with Gasteiger partial charge in [-0.2, -0.15) is 13.2 Å². The SMILES string of the molecule is COc1cc(C(F)(F)F)ccc1OC1C[C@H]2CC[C@@H](C1)N2C(=O)OC(C)Cl. The van der Waals surface area contributed by atoms with Crippen LogP contribution in [0.5, 0.6) is 11.5 Å². The van der Waals surface area contributed by atoms with Crippen molar-refractivity contribution in [2.24, 2.45) is 0 Å². The van der Waals surface area contributed by atoms with Gasteiger partial charge in [0, 0.05) is 24.9 Å². The third kappa shape index (κ3) is 4.36.